The third kappa shape index (κ3) is 14.6. The summed E-state index contributed by atoms with van der Waals surface area (Å²) in [4.78, 5) is 12.2. The van der Waals surface area contributed by atoms with Gasteiger partial charge in [0.1, 0.15) is 6.54 Å². The van der Waals surface area contributed by atoms with Gasteiger partial charge in [-0.05, 0) is 24.8 Å². The monoisotopic (exact) mass is 396 g/mol. The molecule has 1 rings (SSSR count). The summed E-state index contributed by atoms with van der Waals surface area (Å²) >= 11 is 0. The third-order valence-corrected chi connectivity index (χ3v) is 4.98. The second-order valence-electron chi connectivity index (χ2n) is 8.11. The van der Waals surface area contributed by atoms with Crippen molar-refractivity contribution in [3.63, 3.8) is 0 Å². The zero-order valence-corrected chi connectivity index (χ0v) is 18.6. The Morgan fingerprint density at radius 1 is 0.852 bits per heavy atom. The standard InChI is InChI=1S/C23H40N2O.ClH/c1-4-5-6-7-8-9-10-11-12-16-21-25(2,3)24-23(26)20-19-22-17-14-13-15-18-22;/h13-15,17-18H,4-12,16,19-21H2,1-3H3;1H. The number of hydrogen-bond donors (Lipinski definition) is 1. The number of halogens is 1. The van der Waals surface area contributed by atoms with Gasteiger partial charge in [-0.1, -0.05) is 88.6 Å². The van der Waals surface area contributed by atoms with Gasteiger partial charge in [0.2, 0.25) is 0 Å². The minimum absolute atomic E-state index is 0. The maximum absolute atomic E-state index is 12.2. The summed E-state index contributed by atoms with van der Waals surface area (Å²) in [5, 5.41) is 0. The number of quaternary nitrogens is 1. The number of rotatable bonds is 15. The number of carbonyl (C=O) groups excluding carboxylic acids is 1. The van der Waals surface area contributed by atoms with E-state index in [2.05, 4.69) is 38.6 Å². The molecule has 1 aromatic carbocycles. The number of hydrogen-bond acceptors (Lipinski definition) is 1. The predicted molar refractivity (Wildman–Crippen MR) is 112 cm³/mol. The molecule has 4 heteroatoms. The summed E-state index contributed by atoms with van der Waals surface area (Å²) in [6.45, 7) is 3.28. The Labute approximate surface area is 173 Å². The first-order valence-electron chi connectivity index (χ1n) is 10.7. The van der Waals surface area contributed by atoms with Gasteiger partial charge in [-0.3, -0.25) is 4.79 Å². The van der Waals surface area contributed by atoms with Gasteiger partial charge < -0.3 is 12.4 Å². The van der Waals surface area contributed by atoms with Gasteiger partial charge in [0.25, 0.3) is 5.91 Å². The summed E-state index contributed by atoms with van der Waals surface area (Å²) < 4.78 is 0.588. The molecule has 1 N–H and O–H groups in total. The number of unbranched alkanes of at least 4 members (excludes halogenated alkanes) is 9. The van der Waals surface area contributed by atoms with Crippen molar-refractivity contribution in [1.29, 1.82) is 0 Å². The highest BCUT2D eigenvalue weighted by Gasteiger charge is 2.18. The van der Waals surface area contributed by atoms with Crippen LogP contribution < -0.4 is 17.8 Å². The lowest BCUT2D eigenvalue weighted by molar-refractivity contribution is -0.925. The summed E-state index contributed by atoms with van der Waals surface area (Å²) in [7, 11) is 4.18. The average molecular weight is 397 g/mol. The molecule has 0 saturated heterocycles. The van der Waals surface area contributed by atoms with Crippen molar-refractivity contribution < 1.29 is 21.8 Å². The van der Waals surface area contributed by atoms with E-state index >= 15 is 0 Å². The topological polar surface area (TPSA) is 29.1 Å². The van der Waals surface area contributed by atoms with Crippen molar-refractivity contribution in [3.8, 4) is 0 Å². The fourth-order valence-electron chi connectivity index (χ4n) is 3.35. The molecular formula is C23H41ClN2O. The maximum Gasteiger partial charge on any atom is 0.265 e. The smallest absolute Gasteiger partial charge is 0.265 e. The molecule has 0 heterocycles. The minimum atomic E-state index is 0. The SMILES string of the molecule is CCCCCCCCCCCC[N+](C)(C)NC(=O)CCc1ccccc1.[Cl-]. The summed E-state index contributed by atoms with van der Waals surface area (Å²) in [5.41, 5.74) is 4.38. The maximum atomic E-state index is 12.2. The first kappa shape index (κ1) is 25.9. The molecule has 0 aliphatic heterocycles. The molecule has 0 atom stereocenters. The van der Waals surface area contributed by atoms with E-state index in [1.807, 2.05) is 18.2 Å². The molecule has 1 amide bonds. The number of benzene rings is 1. The van der Waals surface area contributed by atoms with E-state index < -0.39 is 0 Å². The number of nitrogens with zero attached hydrogens (tertiary/aromatic N) is 1. The van der Waals surface area contributed by atoms with E-state index in [4.69, 9.17) is 0 Å². The van der Waals surface area contributed by atoms with Crippen LogP contribution in [0.4, 0.5) is 0 Å². The van der Waals surface area contributed by atoms with Crippen LogP contribution in [-0.4, -0.2) is 31.1 Å². The Morgan fingerprint density at radius 3 is 1.93 bits per heavy atom. The van der Waals surface area contributed by atoms with Crippen LogP contribution >= 0.6 is 0 Å². The van der Waals surface area contributed by atoms with Crippen LogP contribution in [-0.2, 0) is 11.2 Å². The van der Waals surface area contributed by atoms with Crippen molar-refractivity contribution >= 4 is 5.91 Å². The van der Waals surface area contributed by atoms with E-state index in [0.29, 0.717) is 11.0 Å². The normalized spacial score (nSPS) is 11.1. The van der Waals surface area contributed by atoms with Crippen molar-refractivity contribution in [3.05, 3.63) is 35.9 Å². The second kappa shape index (κ2) is 15.9. The average Bonchev–Trinajstić information content (AvgIpc) is 2.62. The van der Waals surface area contributed by atoms with Crippen LogP contribution in [0.2, 0.25) is 0 Å². The van der Waals surface area contributed by atoms with Gasteiger partial charge >= 0.3 is 0 Å². The Hall–Kier alpha value is -1.06. The Kier molecular flexibility index (Phi) is 15.3. The molecule has 0 aliphatic rings. The summed E-state index contributed by atoms with van der Waals surface area (Å²) in [5.74, 6) is 0.144. The predicted octanol–water partition coefficient (Wildman–Crippen LogP) is 2.65. The van der Waals surface area contributed by atoms with Gasteiger partial charge in [-0.25, -0.2) is 10.0 Å². The van der Waals surface area contributed by atoms with Gasteiger partial charge in [-0.2, -0.15) is 0 Å². The van der Waals surface area contributed by atoms with Crippen molar-refractivity contribution in [2.45, 2.75) is 84.0 Å². The number of nitrogens with one attached hydrogen (secondary N) is 1. The van der Waals surface area contributed by atoms with E-state index in [1.165, 1.54) is 69.8 Å². The lowest BCUT2D eigenvalue weighted by Crippen LogP contribution is -3.00. The molecule has 1 aromatic rings. The molecular weight excluding hydrogens is 356 g/mol. The zero-order valence-electron chi connectivity index (χ0n) is 17.8. The molecule has 0 aliphatic carbocycles. The Morgan fingerprint density at radius 2 is 1.37 bits per heavy atom. The fraction of sp³-hybridized carbons (Fsp3) is 0.696. The van der Waals surface area contributed by atoms with Gasteiger partial charge in [0, 0.05) is 6.42 Å². The van der Waals surface area contributed by atoms with Crippen LogP contribution in [0.5, 0.6) is 0 Å². The summed E-state index contributed by atoms with van der Waals surface area (Å²) in [6, 6.07) is 10.2. The minimum Gasteiger partial charge on any atom is -1.00 e. The number of amides is 1. The largest absolute Gasteiger partial charge is 1.00 e. The van der Waals surface area contributed by atoms with Crippen LogP contribution in [0.15, 0.2) is 30.3 Å². The number of aryl methyl sites for hydroxylation is 1. The molecule has 0 spiro atoms. The molecule has 0 fully saturated rings. The molecule has 27 heavy (non-hydrogen) atoms. The van der Waals surface area contributed by atoms with Crippen LogP contribution in [0.25, 0.3) is 0 Å². The number of carbonyl (C=O) groups is 1. The molecule has 3 nitrogen and oxygen atoms in total. The molecule has 0 bridgehead atoms. The van der Waals surface area contributed by atoms with Crippen LogP contribution in [0.3, 0.4) is 0 Å². The second-order valence-corrected chi connectivity index (χ2v) is 8.11. The van der Waals surface area contributed by atoms with E-state index in [9.17, 15) is 4.79 Å². The van der Waals surface area contributed by atoms with Gasteiger partial charge in [-0.15, -0.1) is 0 Å². The highest BCUT2D eigenvalue weighted by atomic mass is 35.5. The first-order valence-corrected chi connectivity index (χ1v) is 10.7. The first-order chi connectivity index (χ1) is 12.5. The van der Waals surface area contributed by atoms with Crippen molar-refractivity contribution in [1.82, 2.24) is 5.43 Å². The van der Waals surface area contributed by atoms with E-state index in [0.717, 1.165) is 13.0 Å². The van der Waals surface area contributed by atoms with Crippen LogP contribution in [0.1, 0.15) is 83.1 Å². The third-order valence-electron chi connectivity index (χ3n) is 4.98. The fourth-order valence-corrected chi connectivity index (χ4v) is 3.35. The zero-order chi connectivity index (χ0) is 19.1. The Bertz CT molecular complexity index is 477. The van der Waals surface area contributed by atoms with E-state index in [1.54, 1.807) is 0 Å². The highest BCUT2D eigenvalue weighted by molar-refractivity contribution is 5.74. The molecule has 156 valence electrons. The van der Waals surface area contributed by atoms with Crippen molar-refractivity contribution in [2.24, 2.45) is 0 Å². The Balaban J connectivity index is 0.00000676. The molecule has 0 radical (unpaired) electrons. The van der Waals surface area contributed by atoms with Gasteiger partial charge in [0.15, 0.2) is 0 Å². The van der Waals surface area contributed by atoms with Crippen LogP contribution in [0, 0.1) is 0 Å². The van der Waals surface area contributed by atoms with Crippen molar-refractivity contribution in [2.75, 3.05) is 20.6 Å². The lowest BCUT2D eigenvalue weighted by atomic mass is 10.1. The van der Waals surface area contributed by atoms with E-state index in [-0.39, 0.29) is 18.3 Å². The van der Waals surface area contributed by atoms with Gasteiger partial charge in [0.05, 0.1) is 14.1 Å². The lowest BCUT2D eigenvalue weighted by Gasteiger charge is -2.29. The molecule has 0 unspecified atom stereocenters. The molecule has 0 aromatic heterocycles. The summed E-state index contributed by atoms with van der Waals surface area (Å²) in [6.07, 6.45) is 14.8. The quantitative estimate of drug-likeness (QED) is 0.275. The molecule has 0 saturated carbocycles. The highest BCUT2D eigenvalue weighted by Crippen LogP contribution is 2.11.